The summed E-state index contributed by atoms with van der Waals surface area (Å²) in [5.74, 6) is -0.823. The van der Waals surface area contributed by atoms with Crippen molar-refractivity contribution < 1.29 is 19.0 Å². The van der Waals surface area contributed by atoms with Crippen molar-refractivity contribution in [1.82, 2.24) is 15.0 Å². The van der Waals surface area contributed by atoms with E-state index >= 15 is 0 Å². The van der Waals surface area contributed by atoms with Crippen LogP contribution in [-0.2, 0) is 19.0 Å². The Bertz CT molecular complexity index is 709. The molecule has 0 aromatic carbocycles. The largest absolute Gasteiger partial charge is 0.465 e. The SMILES string of the molecule is CC.CC1(CCOC(=O)CSc2nccc(-c3ccccn3)n2)OCCO1. The van der Waals surface area contributed by atoms with Crippen molar-refractivity contribution in [1.29, 1.82) is 0 Å². The molecule has 2 aromatic heterocycles. The Morgan fingerprint density at radius 1 is 1.15 bits per heavy atom. The van der Waals surface area contributed by atoms with Gasteiger partial charge in [0.1, 0.15) is 0 Å². The minimum absolute atomic E-state index is 0.143. The Morgan fingerprint density at radius 3 is 2.63 bits per heavy atom. The first kappa shape index (κ1) is 21.3. The summed E-state index contributed by atoms with van der Waals surface area (Å²) in [4.78, 5) is 24.7. The van der Waals surface area contributed by atoms with E-state index in [0.29, 0.717) is 24.8 Å². The van der Waals surface area contributed by atoms with Gasteiger partial charge in [-0.2, -0.15) is 0 Å². The van der Waals surface area contributed by atoms with Gasteiger partial charge in [0.05, 0.1) is 37.0 Å². The molecule has 1 fully saturated rings. The van der Waals surface area contributed by atoms with Gasteiger partial charge in [0.15, 0.2) is 10.9 Å². The molecule has 0 spiro atoms. The summed E-state index contributed by atoms with van der Waals surface area (Å²) < 4.78 is 16.1. The third-order valence-corrected chi connectivity index (χ3v) is 4.43. The summed E-state index contributed by atoms with van der Waals surface area (Å²) in [6.07, 6.45) is 3.87. The maximum atomic E-state index is 11.9. The van der Waals surface area contributed by atoms with Crippen LogP contribution in [0.4, 0.5) is 0 Å². The number of pyridine rings is 1. The molecule has 3 heterocycles. The summed E-state index contributed by atoms with van der Waals surface area (Å²) in [5, 5.41) is 0.509. The number of aromatic nitrogens is 3. The van der Waals surface area contributed by atoms with Crippen LogP contribution in [0.2, 0.25) is 0 Å². The molecule has 0 unspecified atom stereocenters. The molecule has 146 valence electrons. The van der Waals surface area contributed by atoms with Gasteiger partial charge < -0.3 is 14.2 Å². The van der Waals surface area contributed by atoms with Gasteiger partial charge in [-0.15, -0.1) is 0 Å². The zero-order valence-corrected chi connectivity index (χ0v) is 16.7. The molecule has 1 aliphatic heterocycles. The van der Waals surface area contributed by atoms with Crippen molar-refractivity contribution in [2.75, 3.05) is 25.6 Å². The molecule has 1 saturated heterocycles. The molecule has 2 aromatic rings. The first-order valence-corrected chi connectivity index (χ1v) is 9.94. The zero-order valence-electron chi connectivity index (χ0n) is 15.9. The number of hydrogen-bond donors (Lipinski definition) is 0. The first-order valence-electron chi connectivity index (χ1n) is 8.95. The Labute approximate surface area is 163 Å². The van der Waals surface area contributed by atoms with Gasteiger partial charge >= 0.3 is 5.97 Å². The summed E-state index contributed by atoms with van der Waals surface area (Å²) in [5.41, 5.74) is 1.48. The Hall–Kier alpha value is -2.03. The van der Waals surface area contributed by atoms with Crippen LogP contribution in [0.3, 0.4) is 0 Å². The summed E-state index contributed by atoms with van der Waals surface area (Å²) in [7, 11) is 0. The second kappa shape index (κ2) is 11.0. The third-order valence-electron chi connectivity index (χ3n) is 3.60. The predicted octanol–water partition coefficient (Wildman–Crippen LogP) is 3.35. The maximum absolute atomic E-state index is 11.9. The summed E-state index contributed by atoms with van der Waals surface area (Å²) in [6, 6.07) is 7.40. The van der Waals surface area contributed by atoms with Crippen LogP contribution in [0.25, 0.3) is 11.4 Å². The molecular weight excluding hydrogens is 366 g/mol. The van der Waals surface area contributed by atoms with Crippen LogP contribution in [0.5, 0.6) is 0 Å². The van der Waals surface area contributed by atoms with Crippen LogP contribution in [0.15, 0.2) is 41.8 Å². The number of carbonyl (C=O) groups is 1. The Morgan fingerprint density at radius 2 is 1.93 bits per heavy atom. The van der Waals surface area contributed by atoms with Crippen LogP contribution >= 0.6 is 11.8 Å². The number of carbonyl (C=O) groups excluding carboxylic acids is 1. The highest BCUT2D eigenvalue weighted by Crippen LogP contribution is 2.22. The third kappa shape index (κ3) is 6.89. The molecule has 0 radical (unpaired) electrons. The number of ether oxygens (including phenoxy) is 3. The molecule has 7 nitrogen and oxygen atoms in total. The van der Waals surface area contributed by atoms with Crippen molar-refractivity contribution >= 4 is 17.7 Å². The van der Waals surface area contributed by atoms with Gasteiger partial charge in [-0.25, -0.2) is 9.97 Å². The van der Waals surface area contributed by atoms with Crippen molar-refractivity contribution in [3.8, 4) is 11.4 Å². The van der Waals surface area contributed by atoms with Gasteiger partial charge in [0.2, 0.25) is 0 Å². The number of hydrogen-bond acceptors (Lipinski definition) is 8. The standard InChI is InChI=1S/C17H19N3O4S.C2H6/c1-17(23-10-11-24-17)6-9-22-15(21)12-25-16-19-8-5-14(20-16)13-4-2-3-7-18-13;1-2/h2-5,7-8H,6,9-12H2,1H3;1-2H3. The van der Waals surface area contributed by atoms with Gasteiger partial charge in [-0.1, -0.05) is 31.7 Å². The van der Waals surface area contributed by atoms with E-state index in [2.05, 4.69) is 15.0 Å². The monoisotopic (exact) mass is 391 g/mol. The highest BCUT2D eigenvalue weighted by Gasteiger charge is 2.30. The molecule has 1 aliphatic rings. The average Bonchev–Trinajstić information content (AvgIpc) is 3.15. The van der Waals surface area contributed by atoms with E-state index in [1.165, 1.54) is 11.8 Å². The van der Waals surface area contributed by atoms with Crippen molar-refractivity contribution in [3.63, 3.8) is 0 Å². The average molecular weight is 391 g/mol. The molecule has 0 saturated carbocycles. The minimum Gasteiger partial charge on any atom is -0.465 e. The molecule has 0 N–H and O–H groups in total. The lowest BCUT2D eigenvalue weighted by Gasteiger charge is -2.21. The smallest absolute Gasteiger partial charge is 0.316 e. The molecule has 0 aliphatic carbocycles. The fourth-order valence-electron chi connectivity index (χ4n) is 2.28. The quantitative estimate of drug-likeness (QED) is 0.404. The topological polar surface area (TPSA) is 83.4 Å². The van der Waals surface area contributed by atoms with Gasteiger partial charge in [-0.3, -0.25) is 9.78 Å². The van der Waals surface area contributed by atoms with Gasteiger partial charge in [0, 0.05) is 18.8 Å². The second-order valence-corrected chi connectivity index (χ2v) is 6.47. The maximum Gasteiger partial charge on any atom is 0.316 e. The van der Waals surface area contributed by atoms with Crippen molar-refractivity contribution in [3.05, 3.63) is 36.7 Å². The Kier molecular flexibility index (Phi) is 8.63. The molecular formula is C19H25N3O4S. The number of esters is 1. The number of thioether (sulfide) groups is 1. The van der Waals surface area contributed by atoms with E-state index in [0.717, 1.165) is 11.4 Å². The van der Waals surface area contributed by atoms with E-state index in [4.69, 9.17) is 14.2 Å². The van der Waals surface area contributed by atoms with Crippen molar-refractivity contribution in [2.24, 2.45) is 0 Å². The lowest BCUT2D eigenvalue weighted by atomic mass is 10.2. The van der Waals surface area contributed by atoms with Crippen LogP contribution in [0, 0.1) is 0 Å². The van der Waals surface area contributed by atoms with E-state index in [-0.39, 0.29) is 18.3 Å². The van der Waals surface area contributed by atoms with E-state index in [1.807, 2.05) is 39.0 Å². The fourth-order valence-corrected chi connectivity index (χ4v) is 2.91. The number of nitrogens with zero attached hydrogens (tertiary/aromatic N) is 3. The van der Waals surface area contributed by atoms with Crippen LogP contribution < -0.4 is 0 Å². The van der Waals surface area contributed by atoms with Crippen LogP contribution in [-0.4, -0.2) is 52.3 Å². The Balaban J connectivity index is 0.00000126. The zero-order chi connectivity index (χ0) is 19.5. The van der Waals surface area contributed by atoms with Gasteiger partial charge in [0.25, 0.3) is 0 Å². The van der Waals surface area contributed by atoms with Crippen LogP contribution in [0.1, 0.15) is 27.2 Å². The normalized spacial score (nSPS) is 14.9. The molecule has 0 amide bonds. The summed E-state index contributed by atoms with van der Waals surface area (Å²) >= 11 is 1.23. The number of rotatable bonds is 7. The molecule has 8 heteroatoms. The predicted molar refractivity (Wildman–Crippen MR) is 103 cm³/mol. The highest BCUT2D eigenvalue weighted by atomic mass is 32.2. The van der Waals surface area contributed by atoms with Crippen molar-refractivity contribution in [2.45, 2.75) is 38.1 Å². The highest BCUT2D eigenvalue weighted by molar-refractivity contribution is 7.99. The molecule has 27 heavy (non-hydrogen) atoms. The lowest BCUT2D eigenvalue weighted by Crippen LogP contribution is -2.28. The van der Waals surface area contributed by atoms with E-state index < -0.39 is 5.79 Å². The lowest BCUT2D eigenvalue weighted by molar-refractivity contribution is -0.162. The minimum atomic E-state index is -0.645. The molecule has 3 rings (SSSR count). The molecule has 0 bridgehead atoms. The first-order chi connectivity index (χ1) is 13.1. The van der Waals surface area contributed by atoms with Gasteiger partial charge in [-0.05, 0) is 25.1 Å². The summed E-state index contributed by atoms with van der Waals surface area (Å²) in [6.45, 7) is 7.25. The fraction of sp³-hybridized carbons (Fsp3) is 0.474. The molecule has 0 atom stereocenters. The second-order valence-electron chi connectivity index (χ2n) is 5.53. The van der Waals surface area contributed by atoms with E-state index in [9.17, 15) is 4.79 Å². The van der Waals surface area contributed by atoms with E-state index in [1.54, 1.807) is 18.5 Å².